The van der Waals surface area contributed by atoms with Crippen molar-refractivity contribution < 1.29 is 30.0 Å². The Morgan fingerprint density at radius 2 is 1.76 bits per heavy atom. The number of nitrogens with one attached hydrogen (secondary N) is 1. The molecule has 4 aliphatic rings. The van der Waals surface area contributed by atoms with E-state index in [9.17, 15) is 24.9 Å². The van der Waals surface area contributed by atoms with Gasteiger partial charge in [0.05, 0.1) is 17.8 Å². The summed E-state index contributed by atoms with van der Waals surface area (Å²) in [5.41, 5.74) is -1.21. The fraction of sp³-hybridized carbons (Fsp3) is 0.923. The van der Waals surface area contributed by atoms with E-state index in [1.807, 2.05) is 0 Å². The van der Waals surface area contributed by atoms with Gasteiger partial charge < -0.3 is 25.7 Å². The molecular weight excluding hydrogens is 422 g/mol. The van der Waals surface area contributed by atoms with Crippen molar-refractivity contribution >= 4 is 11.9 Å². The monoisotopic (exact) mass is 465 g/mol. The normalized spacial score (nSPS) is 47.7. The topological polar surface area (TPSA) is 127 Å². The molecule has 0 aliphatic heterocycles. The average molecular weight is 466 g/mol. The zero-order chi connectivity index (χ0) is 24.2. The number of carboxylic acids is 1. The van der Waals surface area contributed by atoms with Crippen LogP contribution in [0, 0.1) is 40.4 Å². The lowest BCUT2D eigenvalue weighted by Gasteiger charge is -2.65. The van der Waals surface area contributed by atoms with Gasteiger partial charge in [-0.25, -0.2) is 0 Å². The SMILES string of the molecule is CC(CCC(=O)NCC(=O)O)C1CCC2[C@@]3(O)CCC4C[C@H](O)CC[C@]4(C)C3C[C@H](O)[C@]12C. The summed E-state index contributed by atoms with van der Waals surface area (Å²) in [5, 5.41) is 45.3. The summed E-state index contributed by atoms with van der Waals surface area (Å²) in [6.45, 7) is 6.22. The summed E-state index contributed by atoms with van der Waals surface area (Å²) in [7, 11) is 0. The fourth-order valence-corrected chi connectivity index (χ4v) is 9.04. The summed E-state index contributed by atoms with van der Waals surface area (Å²) >= 11 is 0. The Balaban J connectivity index is 1.50. The maximum Gasteiger partial charge on any atom is 0.322 e. The van der Waals surface area contributed by atoms with Gasteiger partial charge in [0, 0.05) is 11.8 Å². The number of aliphatic hydroxyl groups excluding tert-OH is 2. The molecule has 0 bridgehead atoms. The van der Waals surface area contributed by atoms with Crippen LogP contribution in [0.3, 0.4) is 0 Å². The van der Waals surface area contributed by atoms with Crippen molar-refractivity contribution in [2.24, 2.45) is 40.4 Å². The number of carbonyl (C=O) groups is 2. The van der Waals surface area contributed by atoms with Gasteiger partial charge in [-0.05, 0) is 92.8 Å². The molecule has 7 heteroatoms. The summed E-state index contributed by atoms with van der Waals surface area (Å²) in [6.07, 6.45) is 6.80. The van der Waals surface area contributed by atoms with Crippen molar-refractivity contribution in [2.45, 2.75) is 103 Å². The predicted molar refractivity (Wildman–Crippen MR) is 123 cm³/mol. The Kier molecular flexibility index (Phi) is 6.64. The van der Waals surface area contributed by atoms with Gasteiger partial charge in [0.25, 0.3) is 0 Å². The van der Waals surface area contributed by atoms with Gasteiger partial charge in [0.15, 0.2) is 0 Å². The number of amides is 1. The number of carbonyl (C=O) groups excluding carboxylic acids is 1. The van der Waals surface area contributed by atoms with Gasteiger partial charge in [-0.1, -0.05) is 20.8 Å². The minimum atomic E-state index is -1.05. The largest absolute Gasteiger partial charge is 0.480 e. The number of hydrogen-bond acceptors (Lipinski definition) is 5. The number of hydrogen-bond donors (Lipinski definition) is 5. The van der Waals surface area contributed by atoms with E-state index >= 15 is 0 Å². The zero-order valence-corrected chi connectivity index (χ0v) is 20.4. The number of aliphatic hydroxyl groups is 3. The molecule has 5 unspecified atom stereocenters. The summed E-state index contributed by atoms with van der Waals surface area (Å²) in [6, 6.07) is 0. The Bertz CT molecular complexity index is 774. The van der Waals surface area contributed by atoms with Crippen LogP contribution in [0.2, 0.25) is 0 Å². The second kappa shape index (κ2) is 8.80. The lowest BCUT2D eigenvalue weighted by atomic mass is 9.42. The summed E-state index contributed by atoms with van der Waals surface area (Å²) in [5.74, 6) is -0.389. The molecular formula is C26H43NO6. The quantitative estimate of drug-likeness (QED) is 0.410. The van der Waals surface area contributed by atoms with Crippen LogP contribution in [-0.2, 0) is 9.59 Å². The van der Waals surface area contributed by atoms with Crippen LogP contribution in [0.25, 0.3) is 0 Å². The molecule has 4 saturated carbocycles. The molecule has 0 radical (unpaired) electrons. The van der Waals surface area contributed by atoms with E-state index in [0.717, 1.165) is 44.9 Å². The second-order valence-corrected chi connectivity index (χ2v) is 12.3. The van der Waals surface area contributed by atoms with Crippen molar-refractivity contribution in [3.63, 3.8) is 0 Å². The van der Waals surface area contributed by atoms with Crippen molar-refractivity contribution in [2.75, 3.05) is 6.54 Å². The van der Waals surface area contributed by atoms with Crippen molar-refractivity contribution in [3.8, 4) is 0 Å². The zero-order valence-electron chi connectivity index (χ0n) is 20.4. The Morgan fingerprint density at radius 3 is 2.45 bits per heavy atom. The highest BCUT2D eigenvalue weighted by molar-refractivity contribution is 5.81. The summed E-state index contributed by atoms with van der Waals surface area (Å²) in [4.78, 5) is 22.7. The molecule has 0 heterocycles. The summed E-state index contributed by atoms with van der Waals surface area (Å²) < 4.78 is 0. The van der Waals surface area contributed by atoms with E-state index in [2.05, 4.69) is 26.1 Å². The average Bonchev–Trinajstić information content (AvgIpc) is 3.13. The van der Waals surface area contributed by atoms with E-state index in [-0.39, 0.29) is 59.5 Å². The van der Waals surface area contributed by atoms with E-state index < -0.39 is 17.7 Å². The molecule has 1 amide bonds. The third-order valence-corrected chi connectivity index (χ3v) is 10.8. The van der Waals surface area contributed by atoms with E-state index in [1.165, 1.54) is 0 Å². The van der Waals surface area contributed by atoms with Crippen LogP contribution >= 0.6 is 0 Å². The first-order valence-corrected chi connectivity index (χ1v) is 13.0. The fourth-order valence-electron chi connectivity index (χ4n) is 9.04. The maximum atomic E-state index is 12.3. The van der Waals surface area contributed by atoms with Crippen molar-refractivity contribution in [1.29, 1.82) is 0 Å². The number of carboxylic acid groups (broad SMARTS) is 1. The Hall–Kier alpha value is -1.18. The Morgan fingerprint density at radius 1 is 1.03 bits per heavy atom. The van der Waals surface area contributed by atoms with Crippen LogP contribution in [0.1, 0.15) is 85.0 Å². The third kappa shape index (κ3) is 4.02. The molecule has 4 aliphatic carbocycles. The maximum absolute atomic E-state index is 12.3. The first-order valence-electron chi connectivity index (χ1n) is 13.0. The molecule has 0 spiro atoms. The minimum absolute atomic E-state index is 0.0386. The molecule has 0 aromatic rings. The van der Waals surface area contributed by atoms with Crippen LogP contribution < -0.4 is 5.32 Å². The van der Waals surface area contributed by atoms with Gasteiger partial charge in [0.2, 0.25) is 5.91 Å². The molecule has 0 aromatic carbocycles. The molecule has 188 valence electrons. The molecule has 0 saturated heterocycles. The van der Waals surface area contributed by atoms with Crippen molar-refractivity contribution in [1.82, 2.24) is 5.32 Å². The molecule has 4 fully saturated rings. The highest BCUT2D eigenvalue weighted by Crippen LogP contribution is 2.69. The lowest BCUT2D eigenvalue weighted by molar-refractivity contribution is -0.254. The first kappa shape index (κ1) is 24.9. The van der Waals surface area contributed by atoms with Gasteiger partial charge in [-0.3, -0.25) is 9.59 Å². The third-order valence-electron chi connectivity index (χ3n) is 10.8. The molecule has 33 heavy (non-hydrogen) atoms. The number of aliphatic carboxylic acids is 1. The highest BCUT2D eigenvalue weighted by atomic mass is 16.4. The van der Waals surface area contributed by atoms with E-state index in [0.29, 0.717) is 18.8 Å². The molecule has 10 atom stereocenters. The van der Waals surface area contributed by atoms with Gasteiger partial charge in [0.1, 0.15) is 6.54 Å². The minimum Gasteiger partial charge on any atom is -0.480 e. The van der Waals surface area contributed by atoms with Crippen LogP contribution in [0.15, 0.2) is 0 Å². The van der Waals surface area contributed by atoms with E-state index in [4.69, 9.17) is 5.11 Å². The van der Waals surface area contributed by atoms with Crippen LogP contribution in [-0.4, -0.2) is 56.7 Å². The molecule has 7 nitrogen and oxygen atoms in total. The van der Waals surface area contributed by atoms with Gasteiger partial charge in [-0.15, -0.1) is 0 Å². The number of rotatable bonds is 6. The lowest BCUT2D eigenvalue weighted by Crippen LogP contribution is -2.67. The molecule has 0 aromatic heterocycles. The second-order valence-electron chi connectivity index (χ2n) is 12.3. The van der Waals surface area contributed by atoms with Gasteiger partial charge in [-0.2, -0.15) is 0 Å². The van der Waals surface area contributed by atoms with Gasteiger partial charge >= 0.3 is 5.97 Å². The molecule has 5 N–H and O–H groups in total. The van der Waals surface area contributed by atoms with E-state index in [1.54, 1.807) is 0 Å². The highest BCUT2D eigenvalue weighted by Gasteiger charge is 2.69. The number of fused-ring (bicyclic) bond motifs is 5. The van der Waals surface area contributed by atoms with Crippen molar-refractivity contribution in [3.05, 3.63) is 0 Å². The first-order chi connectivity index (χ1) is 15.4. The predicted octanol–water partition coefficient (Wildman–Crippen LogP) is 2.71. The molecule has 4 rings (SSSR count). The van der Waals surface area contributed by atoms with Crippen LogP contribution in [0.5, 0.6) is 0 Å². The van der Waals surface area contributed by atoms with Crippen LogP contribution in [0.4, 0.5) is 0 Å². The Labute approximate surface area is 197 Å². The standard InChI is InChI=1S/C26H43NO6/c1-15(4-7-22(30)27-14-23(31)32)18-5-6-19-25(18,3)21(29)13-20-24(2)10-9-17(28)12-16(24)8-11-26(19,20)33/h15-21,28-29,33H,4-14H2,1-3H3,(H,27,30)(H,31,32)/t15?,16?,17-,18?,19?,20?,21+,24+,25-,26+/m1/s1. The smallest absolute Gasteiger partial charge is 0.322 e.